The number of hydrazine groups is 1. The van der Waals surface area contributed by atoms with Crippen LogP contribution in [0.1, 0.15) is 0 Å². The van der Waals surface area contributed by atoms with Gasteiger partial charge in [0, 0.05) is 24.5 Å². The number of nitrogens with zero attached hydrogens (tertiary/aromatic N) is 4. The molecule has 4 N–H and O–H groups in total. The molecule has 1 saturated heterocycles. The van der Waals surface area contributed by atoms with E-state index in [0.717, 1.165) is 5.69 Å². The lowest BCUT2D eigenvalue weighted by molar-refractivity contribution is 0.122. The van der Waals surface area contributed by atoms with Crippen molar-refractivity contribution in [1.82, 2.24) is 20.4 Å². The lowest BCUT2D eigenvalue weighted by atomic mass is 10.3. The summed E-state index contributed by atoms with van der Waals surface area (Å²) in [5.41, 5.74) is 6.52. The SMILES string of the molecule is O=C(NNc1nc(Nc2ccccc2)nc(N2CCOCC2)n1)Nc1ccc(Cl)c(Cl)c1. The molecule has 0 saturated carbocycles. The molecule has 12 heteroatoms. The van der Waals surface area contributed by atoms with Gasteiger partial charge in [-0.1, -0.05) is 41.4 Å². The van der Waals surface area contributed by atoms with Crippen molar-refractivity contribution >= 4 is 58.5 Å². The minimum atomic E-state index is -0.533. The van der Waals surface area contributed by atoms with Crippen molar-refractivity contribution in [3.8, 4) is 0 Å². The van der Waals surface area contributed by atoms with Crippen molar-refractivity contribution in [2.45, 2.75) is 0 Å². The molecule has 1 aromatic heterocycles. The number of hydrogen-bond donors (Lipinski definition) is 4. The number of aromatic nitrogens is 3. The predicted octanol–water partition coefficient (Wildman–Crippen LogP) is 3.91. The molecule has 0 atom stereocenters. The Balaban J connectivity index is 1.47. The van der Waals surface area contributed by atoms with E-state index in [2.05, 4.69) is 36.4 Å². The molecule has 0 unspecified atom stereocenters. The standard InChI is InChI=1S/C20H20Cl2N8O2/c21-15-7-6-14(12-16(15)22)24-20(31)29-28-18-25-17(23-13-4-2-1-3-5-13)26-19(27-18)30-8-10-32-11-9-30/h1-7,12H,8-11H2,(H2,24,29,31)(H2,23,25,26,27,28). The Morgan fingerprint density at radius 3 is 2.41 bits per heavy atom. The van der Waals surface area contributed by atoms with Gasteiger partial charge in [0.2, 0.25) is 17.8 Å². The molecule has 4 rings (SSSR count). The fourth-order valence-electron chi connectivity index (χ4n) is 2.88. The molecule has 0 aliphatic carbocycles. The summed E-state index contributed by atoms with van der Waals surface area (Å²) in [6, 6.07) is 13.8. The quantitative estimate of drug-likeness (QED) is 0.397. The van der Waals surface area contributed by atoms with Crippen LogP contribution in [0.4, 0.5) is 34.0 Å². The van der Waals surface area contributed by atoms with Gasteiger partial charge in [-0.25, -0.2) is 10.2 Å². The van der Waals surface area contributed by atoms with Crippen LogP contribution in [0, 0.1) is 0 Å². The maximum absolute atomic E-state index is 12.3. The zero-order valence-corrected chi connectivity index (χ0v) is 18.3. The van der Waals surface area contributed by atoms with Gasteiger partial charge >= 0.3 is 6.03 Å². The van der Waals surface area contributed by atoms with Gasteiger partial charge in [0.25, 0.3) is 0 Å². The van der Waals surface area contributed by atoms with Crippen molar-refractivity contribution in [2.24, 2.45) is 0 Å². The molecule has 0 spiro atoms. The van der Waals surface area contributed by atoms with Gasteiger partial charge in [-0.15, -0.1) is 0 Å². The number of halogens is 2. The third kappa shape index (κ3) is 5.88. The highest BCUT2D eigenvalue weighted by Gasteiger charge is 2.17. The first-order valence-corrected chi connectivity index (χ1v) is 10.5. The first-order valence-electron chi connectivity index (χ1n) is 9.76. The van der Waals surface area contributed by atoms with E-state index >= 15 is 0 Å². The Labute approximate surface area is 194 Å². The topological polar surface area (TPSA) is 116 Å². The lowest BCUT2D eigenvalue weighted by Gasteiger charge is -2.27. The van der Waals surface area contributed by atoms with Gasteiger partial charge < -0.3 is 20.3 Å². The van der Waals surface area contributed by atoms with E-state index in [9.17, 15) is 4.79 Å². The zero-order valence-electron chi connectivity index (χ0n) is 16.8. The molecular formula is C20H20Cl2N8O2. The summed E-state index contributed by atoms with van der Waals surface area (Å²) < 4.78 is 5.40. The van der Waals surface area contributed by atoms with E-state index in [1.54, 1.807) is 18.2 Å². The van der Waals surface area contributed by atoms with Crippen molar-refractivity contribution in [2.75, 3.05) is 47.3 Å². The highest BCUT2D eigenvalue weighted by Crippen LogP contribution is 2.25. The van der Waals surface area contributed by atoms with Gasteiger partial charge in [0.1, 0.15) is 0 Å². The molecule has 2 amide bonds. The van der Waals surface area contributed by atoms with E-state index in [4.69, 9.17) is 27.9 Å². The Kier molecular flexibility index (Phi) is 7.05. The Bertz CT molecular complexity index is 1080. The number of urea groups is 1. The minimum absolute atomic E-state index is 0.171. The highest BCUT2D eigenvalue weighted by atomic mass is 35.5. The molecule has 3 aromatic rings. The molecule has 2 heterocycles. The number of nitrogens with one attached hydrogen (secondary N) is 4. The summed E-state index contributed by atoms with van der Waals surface area (Å²) in [6.07, 6.45) is 0. The average Bonchev–Trinajstić information content (AvgIpc) is 2.81. The molecule has 166 valence electrons. The van der Waals surface area contributed by atoms with E-state index in [1.807, 2.05) is 35.2 Å². The normalized spacial score (nSPS) is 13.4. The second kappa shape index (κ2) is 10.3. The zero-order chi connectivity index (χ0) is 22.3. The highest BCUT2D eigenvalue weighted by molar-refractivity contribution is 6.42. The number of carbonyl (C=O) groups excluding carboxylic acids is 1. The fraction of sp³-hybridized carbons (Fsp3) is 0.200. The monoisotopic (exact) mass is 474 g/mol. The van der Waals surface area contributed by atoms with Crippen molar-refractivity contribution in [3.63, 3.8) is 0 Å². The number of carbonyl (C=O) groups is 1. The number of amides is 2. The van der Waals surface area contributed by atoms with Crippen molar-refractivity contribution < 1.29 is 9.53 Å². The molecule has 10 nitrogen and oxygen atoms in total. The number of morpholine rings is 1. The number of ether oxygens (including phenoxy) is 1. The molecule has 32 heavy (non-hydrogen) atoms. The van der Waals surface area contributed by atoms with E-state index in [-0.39, 0.29) is 5.95 Å². The summed E-state index contributed by atoms with van der Waals surface area (Å²) in [4.78, 5) is 27.5. The van der Waals surface area contributed by atoms with Gasteiger partial charge in [-0.05, 0) is 30.3 Å². The van der Waals surface area contributed by atoms with Crippen LogP contribution < -0.4 is 26.4 Å². The fourth-order valence-corrected chi connectivity index (χ4v) is 3.18. The Morgan fingerprint density at radius 2 is 1.66 bits per heavy atom. The smallest absolute Gasteiger partial charge is 0.337 e. The van der Waals surface area contributed by atoms with Crippen LogP contribution in [0.2, 0.25) is 10.0 Å². The predicted molar refractivity (Wildman–Crippen MR) is 125 cm³/mol. The first kappa shape index (κ1) is 21.9. The molecule has 0 bridgehead atoms. The largest absolute Gasteiger partial charge is 0.378 e. The molecule has 1 aliphatic heterocycles. The van der Waals surface area contributed by atoms with Gasteiger partial charge in [-0.3, -0.25) is 5.43 Å². The van der Waals surface area contributed by atoms with E-state index in [0.29, 0.717) is 53.9 Å². The summed E-state index contributed by atoms with van der Waals surface area (Å²) in [5, 5.41) is 6.52. The van der Waals surface area contributed by atoms with Crippen LogP contribution in [0.3, 0.4) is 0 Å². The summed E-state index contributed by atoms with van der Waals surface area (Å²) in [7, 11) is 0. The number of hydrogen-bond acceptors (Lipinski definition) is 8. The molecule has 0 radical (unpaired) electrons. The summed E-state index contributed by atoms with van der Waals surface area (Å²) in [5.74, 6) is 0.974. The third-order valence-corrected chi connectivity index (χ3v) is 5.15. The first-order chi connectivity index (χ1) is 15.6. The van der Waals surface area contributed by atoms with Crippen LogP contribution in [0.15, 0.2) is 48.5 Å². The second-order valence-corrected chi connectivity index (χ2v) is 7.52. The molecule has 2 aromatic carbocycles. The lowest BCUT2D eigenvalue weighted by Crippen LogP contribution is -2.38. The van der Waals surface area contributed by atoms with Crippen LogP contribution in [-0.4, -0.2) is 47.3 Å². The number of rotatable bonds is 6. The molecule has 1 aliphatic rings. The second-order valence-electron chi connectivity index (χ2n) is 6.71. The van der Waals surface area contributed by atoms with Crippen LogP contribution >= 0.6 is 23.2 Å². The third-order valence-electron chi connectivity index (χ3n) is 4.41. The van der Waals surface area contributed by atoms with E-state index in [1.165, 1.54) is 0 Å². The van der Waals surface area contributed by atoms with Crippen LogP contribution in [0.25, 0.3) is 0 Å². The molecular weight excluding hydrogens is 455 g/mol. The Morgan fingerprint density at radius 1 is 0.906 bits per heavy atom. The van der Waals surface area contributed by atoms with Crippen LogP contribution in [-0.2, 0) is 4.74 Å². The van der Waals surface area contributed by atoms with Crippen molar-refractivity contribution in [1.29, 1.82) is 0 Å². The number of para-hydroxylation sites is 1. The Hall–Kier alpha value is -3.34. The summed E-state index contributed by atoms with van der Waals surface area (Å²) in [6.45, 7) is 2.47. The maximum atomic E-state index is 12.3. The average molecular weight is 475 g/mol. The van der Waals surface area contributed by atoms with Crippen LogP contribution in [0.5, 0.6) is 0 Å². The number of benzene rings is 2. The minimum Gasteiger partial charge on any atom is -0.378 e. The van der Waals surface area contributed by atoms with E-state index < -0.39 is 6.03 Å². The number of anilines is 5. The summed E-state index contributed by atoms with van der Waals surface area (Å²) >= 11 is 11.9. The molecule has 1 fully saturated rings. The van der Waals surface area contributed by atoms with Gasteiger partial charge in [0.05, 0.1) is 23.3 Å². The maximum Gasteiger partial charge on any atom is 0.337 e. The van der Waals surface area contributed by atoms with Crippen molar-refractivity contribution in [3.05, 3.63) is 58.6 Å². The van der Waals surface area contributed by atoms with Gasteiger partial charge in [0.15, 0.2) is 0 Å². The van der Waals surface area contributed by atoms with Gasteiger partial charge in [-0.2, -0.15) is 15.0 Å².